The Hall–Kier alpha value is -1.32. The topological polar surface area (TPSA) is 49.7 Å². The number of hydrogen-bond donors (Lipinski definition) is 2. The molecular formula is C10H12O3. The Morgan fingerprint density at radius 1 is 1.31 bits per heavy atom. The van der Waals surface area contributed by atoms with Gasteiger partial charge in [-0.05, 0) is 18.2 Å². The zero-order chi connectivity index (χ0) is 9.73. The van der Waals surface area contributed by atoms with Gasteiger partial charge in [0.05, 0.1) is 0 Å². The van der Waals surface area contributed by atoms with E-state index >= 15 is 0 Å². The molecule has 0 amide bonds. The van der Waals surface area contributed by atoms with Crippen LogP contribution in [0.3, 0.4) is 0 Å². The fraction of sp³-hybridized carbons (Fsp3) is 0.200. The van der Waals surface area contributed by atoms with E-state index in [0.717, 1.165) is 6.08 Å². The minimum absolute atomic E-state index is 0.222. The molecule has 0 heterocycles. The van der Waals surface area contributed by atoms with E-state index in [2.05, 4.69) is 6.58 Å². The average molecular weight is 180 g/mol. The highest BCUT2D eigenvalue weighted by Crippen LogP contribution is 2.11. The molecule has 0 saturated carbocycles. The van der Waals surface area contributed by atoms with Gasteiger partial charge in [-0.1, -0.05) is 24.8 Å². The van der Waals surface area contributed by atoms with E-state index in [0.29, 0.717) is 5.75 Å². The molecule has 0 spiro atoms. The molecule has 0 saturated heterocycles. The number of hydrogen-bond acceptors (Lipinski definition) is 3. The van der Waals surface area contributed by atoms with Gasteiger partial charge in [0.2, 0.25) is 5.79 Å². The van der Waals surface area contributed by atoms with Gasteiger partial charge >= 0.3 is 0 Å². The molecule has 0 bridgehead atoms. The van der Waals surface area contributed by atoms with Crippen LogP contribution >= 0.6 is 0 Å². The van der Waals surface area contributed by atoms with Gasteiger partial charge in [0.25, 0.3) is 0 Å². The van der Waals surface area contributed by atoms with Crippen LogP contribution in [0.25, 0.3) is 0 Å². The summed E-state index contributed by atoms with van der Waals surface area (Å²) >= 11 is 0. The second-order valence-electron chi connectivity index (χ2n) is 2.68. The summed E-state index contributed by atoms with van der Waals surface area (Å²) in [6, 6.07) is 8.93. The first kappa shape index (κ1) is 9.77. The average Bonchev–Trinajstić information content (AvgIpc) is 2.17. The summed E-state index contributed by atoms with van der Waals surface area (Å²) in [5.41, 5.74) is 0. The maximum atomic E-state index is 9.10. The second kappa shape index (κ2) is 4.07. The van der Waals surface area contributed by atoms with Crippen LogP contribution in [0.1, 0.15) is 0 Å². The maximum absolute atomic E-state index is 9.10. The Labute approximate surface area is 76.9 Å². The van der Waals surface area contributed by atoms with Crippen LogP contribution in [-0.4, -0.2) is 22.6 Å². The van der Waals surface area contributed by atoms with Crippen molar-refractivity contribution in [2.24, 2.45) is 0 Å². The highest BCUT2D eigenvalue weighted by Gasteiger charge is 2.18. The number of rotatable bonds is 4. The van der Waals surface area contributed by atoms with Crippen LogP contribution in [0.2, 0.25) is 0 Å². The van der Waals surface area contributed by atoms with E-state index in [1.165, 1.54) is 0 Å². The first-order valence-corrected chi connectivity index (χ1v) is 3.90. The highest BCUT2D eigenvalue weighted by atomic mass is 16.6. The molecule has 0 fully saturated rings. The molecule has 70 valence electrons. The van der Waals surface area contributed by atoms with Crippen molar-refractivity contribution < 1.29 is 14.9 Å². The summed E-state index contributed by atoms with van der Waals surface area (Å²) in [5, 5.41) is 18.2. The van der Waals surface area contributed by atoms with Crippen LogP contribution in [0, 0.1) is 0 Å². The Kier molecular flexibility index (Phi) is 3.06. The zero-order valence-electron chi connectivity index (χ0n) is 7.18. The first-order valence-electron chi connectivity index (χ1n) is 3.90. The number of para-hydroxylation sites is 1. The van der Waals surface area contributed by atoms with E-state index in [4.69, 9.17) is 14.9 Å². The molecule has 0 aliphatic carbocycles. The smallest absolute Gasteiger partial charge is 0.217 e. The molecule has 0 unspecified atom stereocenters. The van der Waals surface area contributed by atoms with E-state index in [9.17, 15) is 0 Å². The van der Waals surface area contributed by atoms with Crippen LogP contribution in [0.5, 0.6) is 5.75 Å². The van der Waals surface area contributed by atoms with Gasteiger partial charge in [0, 0.05) is 0 Å². The van der Waals surface area contributed by atoms with Crippen molar-refractivity contribution in [3.63, 3.8) is 0 Å². The van der Waals surface area contributed by atoms with Crippen molar-refractivity contribution in [3.05, 3.63) is 43.0 Å². The Bertz CT molecular complexity index is 267. The third kappa shape index (κ3) is 3.27. The van der Waals surface area contributed by atoms with E-state index < -0.39 is 5.79 Å². The van der Waals surface area contributed by atoms with Crippen molar-refractivity contribution in [1.82, 2.24) is 0 Å². The molecule has 0 aromatic heterocycles. The second-order valence-corrected chi connectivity index (χ2v) is 2.68. The normalized spacial score (nSPS) is 10.9. The monoisotopic (exact) mass is 180 g/mol. The van der Waals surface area contributed by atoms with Gasteiger partial charge in [-0.15, -0.1) is 0 Å². The lowest BCUT2D eigenvalue weighted by Crippen LogP contribution is -2.32. The maximum Gasteiger partial charge on any atom is 0.217 e. The highest BCUT2D eigenvalue weighted by molar-refractivity contribution is 5.21. The van der Waals surface area contributed by atoms with Crippen molar-refractivity contribution in [2.75, 3.05) is 6.61 Å². The first-order chi connectivity index (χ1) is 6.14. The molecule has 1 aromatic rings. The molecule has 1 aromatic carbocycles. The van der Waals surface area contributed by atoms with Gasteiger partial charge in [0.1, 0.15) is 12.4 Å². The molecular weight excluding hydrogens is 168 g/mol. The van der Waals surface area contributed by atoms with Crippen molar-refractivity contribution >= 4 is 0 Å². The predicted octanol–water partition coefficient (Wildman–Crippen LogP) is 0.932. The van der Waals surface area contributed by atoms with Crippen molar-refractivity contribution in [1.29, 1.82) is 0 Å². The van der Waals surface area contributed by atoms with Gasteiger partial charge in [0.15, 0.2) is 0 Å². The van der Waals surface area contributed by atoms with Crippen LogP contribution < -0.4 is 4.74 Å². The van der Waals surface area contributed by atoms with Crippen molar-refractivity contribution in [3.8, 4) is 5.75 Å². The van der Waals surface area contributed by atoms with Crippen LogP contribution in [0.4, 0.5) is 0 Å². The molecule has 0 aliphatic rings. The van der Waals surface area contributed by atoms with Crippen molar-refractivity contribution in [2.45, 2.75) is 5.79 Å². The van der Waals surface area contributed by atoms with Crippen LogP contribution in [0.15, 0.2) is 43.0 Å². The lowest BCUT2D eigenvalue weighted by Gasteiger charge is -2.17. The summed E-state index contributed by atoms with van der Waals surface area (Å²) in [6.45, 7) is 3.04. The largest absolute Gasteiger partial charge is 0.488 e. The third-order valence-corrected chi connectivity index (χ3v) is 1.52. The molecule has 1 rings (SSSR count). The quantitative estimate of drug-likeness (QED) is 0.535. The molecule has 0 atom stereocenters. The van der Waals surface area contributed by atoms with E-state index in [-0.39, 0.29) is 6.61 Å². The summed E-state index contributed by atoms with van der Waals surface area (Å²) in [5.74, 6) is -1.37. The summed E-state index contributed by atoms with van der Waals surface area (Å²) in [4.78, 5) is 0. The zero-order valence-corrected chi connectivity index (χ0v) is 7.18. The molecule has 3 nitrogen and oxygen atoms in total. The Morgan fingerprint density at radius 3 is 2.46 bits per heavy atom. The standard InChI is InChI=1S/C10H12O3/c1-2-10(11,12)8-13-9-6-4-3-5-7-9/h2-7,11-12H,1,8H2. The summed E-state index contributed by atoms with van der Waals surface area (Å²) < 4.78 is 5.09. The van der Waals surface area contributed by atoms with E-state index in [1.807, 2.05) is 6.07 Å². The lowest BCUT2D eigenvalue weighted by atomic mass is 10.3. The molecule has 3 heteroatoms. The number of benzene rings is 1. The minimum Gasteiger partial charge on any atom is -0.488 e. The fourth-order valence-corrected chi connectivity index (χ4v) is 0.765. The van der Waals surface area contributed by atoms with Gasteiger partial charge in [-0.3, -0.25) is 0 Å². The molecule has 13 heavy (non-hydrogen) atoms. The van der Waals surface area contributed by atoms with Crippen LogP contribution in [-0.2, 0) is 0 Å². The van der Waals surface area contributed by atoms with Gasteiger partial charge < -0.3 is 14.9 Å². The summed E-state index contributed by atoms with van der Waals surface area (Å²) in [6.07, 6.45) is 1.02. The number of aliphatic hydroxyl groups is 2. The SMILES string of the molecule is C=CC(O)(O)COc1ccccc1. The third-order valence-electron chi connectivity index (χ3n) is 1.52. The minimum atomic E-state index is -1.96. The Morgan fingerprint density at radius 2 is 1.92 bits per heavy atom. The number of ether oxygens (including phenoxy) is 1. The van der Waals surface area contributed by atoms with Gasteiger partial charge in [-0.25, -0.2) is 0 Å². The molecule has 0 radical (unpaired) electrons. The molecule has 0 aliphatic heterocycles. The predicted molar refractivity (Wildman–Crippen MR) is 49.3 cm³/mol. The van der Waals surface area contributed by atoms with E-state index in [1.54, 1.807) is 24.3 Å². The van der Waals surface area contributed by atoms with Gasteiger partial charge in [-0.2, -0.15) is 0 Å². The lowest BCUT2D eigenvalue weighted by molar-refractivity contribution is -0.140. The summed E-state index contributed by atoms with van der Waals surface area (Å²) in [7, 11) is 0. The fourth-order valence-electron chi connectivity index (χ4n) is 0.765. The molecule has 2 N–H and O–H groups in total. The Balaban J connectivity index is 2.48.